The minimum absolute atomic E-state index is 0.219. The molecular weight excluding hydrogens is 356 g/mol. The molecule has 1 aromatic rings. The van der Waals surface area contributed by atoms with Crippen LogP contribution in [-0.2, 0) is 9.59 Å². The van der Waals surface area contributed by atoms with Crippen LogP contribution in [0.4, 0.5) is 5.69 Å². The number of nitrogens with zero attached hydrogens (tertiary/aromatic N) is 1. The molecule has 1 N–H and O–H groups in total. The van der Waals surface area contributed by atoms with Gasteiger partial charge in [-0.1, -0.05) is 55.0 Å². The van der Waals surface area contributed by atoms with Gasteiger partial charge in [0.25, 0.3) is 11.8 Å². The number of carbonyl (C=O) groups is 2. The lowest BCUT2D eigenvalue weighted by atomic mass is 10.1. The van der Waals surface area contributed by atoms with Gasteiger partial charge in [0, 0.05) is 22.8 Å². The van der Waals surface area contributed by atoms with E-state index in [1.165, 1.54) is 36.7 Å². The van der Waals surface area contributed by atoms with E-state index in [9.17, 15) is 9.59 Å². The first-order valence-electron chi connectivity index (χ1n) is 8.22. The predicted molar refractivity (Wildman–Crippen MR) is 95.9 cm³/mol. The summed E-state index contributed by atoms with van der Waals surface area (Å²) in [6, 6.07) is 7.49. The van der Waals surface area contributed by atoms with E-state index in [1.807, 2.05) is 24.3 Å². The maximum absolute atomic E-state index is 12.3. The van der Waals surface area contributed by atoms with E-state index in [0.29, 0.717) is 12.2 Å². The van der Waals surface area contributed by atoms with Crippen molar-refractivity contribution < 1.29 is 9.59 Å². The van der Waals surface area contributed by atoms with Gasteiger partial charge in [0.15, 0.2) is 0 Å². The molecule has 1 aliphatic rings. The lowest BCUT2D eigenvalue weighted by Crippen LogP contribution is -2.33. The number of carbonyl (C=O) groups excluding carboxylic acids is 2. The van der Waals surface area contributed by atoms with E-state index >= 15 is 0 Å². The monoisotopic (exact) mass is 378 g/mol. The van der Waals surface area contributed by atoms with Gasteiger partial charge in [-0.05, 0) is 30.7 Å². The number of halogens is 1. The summed E-state index contributed by atoms with van der Waals surface area (Å²) in [5.41, 5.74) is 1.14. The molecule has 0 spiro atoms. The quantitative estimate of drug-likeness (QED) is 0.509. The number of hydrogen-bond donors (Lipinski definition) is 1. The zero-order valence-corrected chi connectivity index (χ0v) is 15.1. The van der Waals surface area contributed by atoms with Crippen molar-refractivity contribution in [3.05, 3.63) is 40.5 Å². The Bertz CT molecular complexity index is 581. The highest BCUT2D eigenvalue weighted by Gasteiger charge is 2.30. The van der Waals surface area contributed by atoms with Crippen LogP contribution in [0.2, 0.25) is 0 Å². The van der Waals surface area contributed by atoms with Gasteiger partial charge in [0.2, 0.25) is 0 Å². The third-order valence-electron chi connectivity index (χ3n) is 3.87. The lowest BCUT2D eigenvalue weighted by molar-refractivity contribution is -0.137. The van der Waals surface area contributed by atoms with Crippen LogP contribution in [0, 0.1) is 0 Å². The molecule has 0 atom stereocenters. The van der Waals surface area contributed by atoms with E-state index in [4.69, 9.17) is 0 Å². The summed E-state index contributed by atoms with van der Waals surface area (Å²) in [4.78, 5) is 25.6. The molecule has 2 rings (SSSR count). The predicted octanol–water partition coefficient (Wildman–Crippen LogP) is 4.47. The van der Waals surface area contributed by atoms with Crippen molar-refractivity contribution in [2.45, 2.75) is 45.4 Å². The zero-order chi connectivity index (χ0) is 16.7. The Kier molecular flexibility index (Phi) is 6.84. The van der Waals surface area contributed by atoms with Crippen LogP contribution in [0.1, 0.15) is 45.4 Å². The van der Waals surface area contributed by atoms with E-state index < -0.39 is 0 Å². The third kappa shape index (κ3) is 5.20. The number of nitrogens with one attached hydrogen (secondary N) is 1. The topological polar surface area (TPSA) is 49.4 Å². The maximum Gasteiger partial charge on any atom is 0.277 e. The van der Waals surface area contributed by atoms with Crippen molar-refractivity contribution in [3.63, 3.8) is 0 Å². The second kappa shape index (κ2) is 8.87. The van der Waals surface area contributed by atoms with Crippen molar-refractivity contribution in [2.24, 2.45) is 0 Å². The number of imide groups is 1. The Balaban J connectivity index is 1.81. The van der Waals surface area contributed by atoms with Crippen molar-refractivity contribution in [1.29, 1.82) is 0 Å². The van der Waals surface area contributed by atoms with E-state index in [2.05, 4.69) is 28.2 Å². The molecule has 0 saturated heterocycles. The first-order chi connectivity index (χ1) is 11.1. The molecule has 0 aromatic heterocycles. The van der Waals surface area contributed by atoms with Gasteiger partial charge in [-0.2, -0.15) is 0 Å². The highest BCUT2D eigenvalue weighted by atomic mass is 79.9. The molecule has 23 heavy (non-hydrogen) atoms. The second-order valence-electron chi connectivity index (χ2n) is 5.75. The molecule has 5 heteroatoms. The number of rotatable bonds is 9. The second-order valence-corrected chi connectivity index (χ2v) is 6.67. The first kappa shape index (κ1) is 17.7. The van der Waals surface area contributed by atoms with Gasteiger partial charge in [-0.25, -0.2) is 0 Å². The van der Waals surface area contributed by atoms with Crippen molar-refractivity contribution in [2.75, 3.05) is 11.9 Å². The normalized spacial score (nSPS) is 14.3. The molecule has 4 nitrogen and oxygen atoms in total. The van der Waals surface area contributed by atoms with Crippen molar-refractivity contribution in [3.8, 4) is 0 Å². The minimum atomic E-state index is -0.230. The van der Waals surface area contributed by atoms with Crippen LogP contribution >= 0.6 is 15.9 Å². The van der Waals surface area contributed by atoms with E-state index in [1.54, 1.807) is 0 Å². The molecule has 0 saturated carbocycles. The summed E-state index contributed by atoms with van der Waals surface area (Å²) >= 11 is 3.37. The molecule has 0 unspecified atom stereocenters. The van der Waals surface area contributed by atoms with Gasteiger partial charge in [0.1, 0.15) is 5.70 Å². The summed E-state index contributed by atoms with van der Waals surface area (Å²) in [6.07, 6.45) is 8.20. The van der Waals surface area contributed by atoms with Gasteiger partial charge in [-0.15, -0.1) is 0 Å². The SMILES string of the molecule is CCCCCCCCN1C(=O)C=C(Nc2ccc(Br)cc2)C1=O. The van der Waals surface area contributed by atoms with Crippen molar-refractivity contribution >= 4 is 33.4 Å². The summed E-state index contributed by atoms with van der Waals surface area (Å²) in [7, 11) is 0. The number of unbranched alkanes of at least 4 members (excludes halogenated alkanes) is 5. The molecule has 124 valence electrons. The van der Waals surface area contributed by atoms with Crippen LogP contribution in [0.15, 0.2) is 40.5 Å². The standard InChI is InChI=1S/C18H23BrN2O2/c1-2-3-4-5-6-7-12-21-17(22)13-16(18(21)23)20-15-10-8-14(19)9-11-15/h8-11,13,20H,2-7,12H2,1H3. The van der Waals surface area contributed by atoms with Gasteiger partial charge in [-0.3, -0.25) is 14.5 Å². The highest BCUT2D eigenvalue weighted by molar-refractivity contribution is 9.10. The lowest BCUT2D eigenvalue weighted by Gasteiger charge is -2.15. The highest BCUT2D eigenvalue weighted by Crippen LogP contribution is 2.20. The number of hydrogen-bond acceptors (Lipinski definition) is 3. The Hall–Kier alpha value is -1.62. The molecule has 1 aromatic carbocycles. The molecule has 1 heterocycles. The van der Waals surface area contributed by atoms with Crippen LogP contribution in [-0.4, -0.2) is 23.3 Å². The van der Waals surface area contributed by atoms with E-state index in [-0.39, 0.29) is 11.8 Å². The maximum atomic E-state index is 12.3. The third-order valence-corrected chi connectivity index (χ3v) is 4.40. The first-order valence-corrected chi connectivity index (χ1v) is 9.01. The Morgan fingerprint density at radius 1 is 1.00 bits per heavy atom. The smallest absolute Gasteiger partial charge is 0.277 e. The summed E-state index contributed by atoms with van der Waals surface area (Å²) < 4.78 is 0.968. The Morgan fingerprint density at radius 3 is 2.35 bits per heavy atom. The number of anilines is 1. The van der Waals surface area contributed by atoms with Crippen LogP contribution in [0.25, 0.3) is 0 Å². The molecule has 2 amide bonds. The number of amides is 2. The zero-order valence-electron chi connectivity index (χ0n) is 13.5. The van der Waals surface area contributed by atoms with Gasteiger partial charge >= 0.3 is 0 Å². The minimum Gasteiger partial charge on any atom is -0.351 e. The fraction of sp³-hybridized carbons (Fsp3) is 0.444. The molecule has 0 fully saturated rings. The van der Waals surface area contributed by atoms with E-state index in [0.717, 1.165) is 23.0 Å². The molecule has 0 bridgehead atoms. The van der Waals surface area contributed by atoms with Crippen LogP contribution in [0.3, 0.4) is 0 Å². The largest absolute Gasteiger partial charge is 0.351 e. The molecular formula is C18H23BrN2O2. The fourth-order valence-corrected chi connectivity index (χ4v) is 2.81. The number of benzene rings is 1. The van der Waals surface area contributed by atoms with Gasteiger partial charge < -0.3 is 5.32 Å². The summed E-state index contributed by atoms with van der Waals surface area (Å²) in [5, 5.41) is 3.02. The molecule has 0 aliphatic carbocycles. The molecule has 1 aliphatic heterocycles. The van der Waals surface area contributed by atoms with Crippen molar-refractivity contribution in [1.82, 2.24) is 4.90 Å². The molecule has 0 radical (unpaired) electrons. The van der Waals surface area contributed by atoms with Crippen LogP contribution < -0.4 is 5.32 Å². The average molecular weight is 379 g/mol. The average Bonchev–Trinajstić information content (AvgIpc) is 2.80. The summed E-state index contributed by atoms with van der Waals surface area (Å²) in [6.45, 7) is 2.69. The Labute approximate surface area is 146 Å². The van der Waals surface area contributed by atoms with Gasteiger partial charge in [0.05, 0.1) is 0 Å². The fourth-order valence-electron chi connectivity index (χ4n) is 2.55. The summed E-state index contributed by atoms with van der Waals surface area (Å²) in [5.74, 6) is -0.449. The van der Waals surface area contributed by atoms with Crippen LogP contribution in [0.5, 0.6) is 0 Å². The Morgan fingerprint density at radius 2 is 1.65 bits per heavy atom.